The second-order valence-electron chi connectivity index (χ2n) is 10.6. The number of allylic oxidation sites excluding steroid dienone is 1. The highest BCUT2D eigenvalue weighted by molar-refractivity contribution is 6.30. The molecular weight excluding hydrogens is 560 g/mol. The molecule has 1 aliphatic rings. The van der Waals surface area contributed by atoms with E-state index in [4.69, 9.17) is 16.3 Å². The molecule has 0 saturated carbocycles. The number of benzene rings is 4. The van der Waals surface area contributed by atoms with Gasteiger partial charge < -0.3 is 15.4 Å². The quantitative estimate of drug-likeness (QED) is 0.154. The topological polar surface area (TPSA) is 84.5 Å². The molecule has 0 aromatic heterocycles. The Morgan fingerprint density at radius 3 is 2.35 bits per heavy atom. The molecule has 6 nitrogen and oxygen atoms in total. The lowest BCUT2D eigenvalue weighted by molar-refractivity contribution is -0.115. The predicted octanol–water partition coefficient (Wildman–Crippen LogP) is 7.77. The lowest BCUT2D eigenvalue weighted by Gasteiger charge is -2.25. The molecule has 0 aliphatic carbocycles. The van der Waals surface area contributed by atoms with Crippen LogP contribution in [0.25, 0.3) is 0 Å². The van der Waals surface area contributed by atoms with Crippen LogP contribution >= 0.6 is 11.6 Å². The Bertz CT molecular complexity index is 1710. The Labute approximate surface area is 256 Å². The van der Waals surface area contributed by atoms with Crippen LogP contribution < -0.4 is 10.6 Å². The van der Waals surface area contributed by atoms with Gasteiger partial charge in [0, 0.05) is 34.3 Å². The van der Waals surface area contributed by atoms with Crippen molar-refractivity contribution >= 4 is 40.6 Å². The van der Waals surface area contributed by atoms with Crippen LogP contribution in [0.15, 0.2) is 121 Å². The average Bonchev–Trinajstić information content (AvgIpc) is 3.40. The molecule has 4 aromatic carbocycles. The lowest BCUT2D eigenvalue weighted by Crippen LogP contribution is -2.20. The van der Waals surface area contributed by atoms with Crippen molar-refractivity contribution < 1.29 is 19.1 Å². The fourth-order valence-corrected chi connectivity index (χ4v) is 4.94. The zero-order chi connectivity index (χ0) is 30.4. The van der Waals surface area contributed by atoms with Crippen molar-refractivity contribution in [1.82, 2.24) is 0 Å². The van der Waals surface area contributed by atoms with Crippen molar-refractivity contribution in [2.24, 2.45) is 0 Å². The molecule has 2 N–H and O–H groups in total. The van der Waals surface area contributed by atoms with Crippen LogP contribution in [0.3, 0.4) is 0 Å². The third kappa shape index (κ3) is 7.48. The highest BCUT2D eigenvalue weighted by Crippen LogP contribution is 2.38. The summed E-state index contributed by atoms with van der Waals surface area (Å²) in [6.45, 7) is 3.97. The maximum Gasteiger partial charge on any atom is 0.248 e. The van der Waals surface area contributed by atoms with E-state index in [1.807, 2.05) is 74.5 Å². The summed E-state index contributed by atoms with van der Waals surface area (Å²) in [6, 6.07) is 28.9. The minimum absolute atomic E-state index is 0.164. The number of halogens is 1. The largest absolute Gasteiger partial charge is 0.483 e. The summed E-state index contributed by atoms with van der Waals surface area (Å²) in [6.07, 6.45) is 5.75. The molecule has 216 valence electrons. The van der Waals surface area contributed by atoms with Gasteiger partial charge in [-0.1, -0.05) is 83.9 Å². The molecule has 1 atom stereocenters. The van der Waals surface area contributed by atoms with E-state index in [-0.39, 0.29) is 29.6 Å². The Hall–Kier alpha value is -4.94. The molecule has 1 aliphatic heterocycles. The molecule has 43 heavy (non-hydrogen) atoms. The molecule has 0 fully saturated rings. The number of ketones is 1. The highest BCUT2D eigenvalue weighted by Gasteiger charge is 2.32. The third-order valence-electron chi connectivity index (χ3n) is 7.22. The number of aryl methyl sites for hydroxylation is 1. The summed E-state index contributed by atoms with van der Waals surface area (Å²) in [7, 11) is 0. The Kier molecular flexibility index (Phi) is 8.88. The Morgan fingerprint density at radius 1 is 0.907 bits per heavy atom. The van der Waals surface area contributed by atoms with E-state index in [0.717, 1.165) is 16.7 Å². The minimum Gasteiger partial charge on any atom is -0.483 e. The zero-order valence-electron chi connectivity index (χ0n) is 23.9. The smallest absolute Gasteiger partial charge is 0.248 e. The fourth-order valence-electron chi connectivity index (χ4n) is 4.81. The summed E-state index contributed by atoms with van der Waals surface area (Å²) in [5.74, 6) is -0.331. The third-order valence-corrected chi connectivity index (χ3v) is 7.47. The standard InChI is InChI=1S/C36H31ClN2O4/c1-24-8-10-25(11-9-24)22-34(41)39-32-18-16-29(23-31(32)35(42)26-6-4-3-5-7-26)38-33(40)19-17-30-20-21-36(2,43-30)27-12-14-28(37)15-13-27/h3-20,23H,21-22H2,1-2H3,(H,38,40)(H,39,41)/b19-17+. The van der Waals surface area contributed by atoms with Crippen molar-refractivity contribution in [2.75, 3.05) is 10.6 Å². The first kappa shape index (κ1) is 29.5. The summed E-state index contributed by atoms with van der Waals surface area (Å²) < 4.78 is 6.14. The molecule has 1 heterocycles. The second-order valence-corrected chi connectivity index (χ2v) is 11.1. The number of hydrogen-bond donors (Lipinski definition) is 2. The van der Waals surface area contributed by atoms with Crippen molar-refractivity contribution in [2.45, 2.75) is 32.3 Å². The molecule has 7 heteroatoms. The number of carbonyl (C=O) groups excluding carboxylic acids is 3. The molecule has 4 aromatic rings. The molecule has 2 amide bonds. The van der Waals surface area contributed by atoms with Gasteiger partial charge in [-0.3, -0.25) is 14.4 Å². The summed E-state index contributed by atoms with van der Waals surface area (Å²) in [5, 5.41) is 6.34. The van der Waals surface area contributed by atoms with E-state index >= 15 is 0 Å². The number of nitrogens with one attached hydrogen (secondary N) is 2. The maximum atomic E-state index is 13.5. The summed E-state index contributed by atoms with van der Waals surface area (Å²) in [5.41, 5.74) is 3.93. The van der Waals surface area contributed by atoms with E-state index in [9.17, 15) is 14.4 Å². The average molecular weight is 591 g/mol. The van der Waals surface area contributed by atoms with Gasteiger partial charge in [0.1, 0.15) is 11.4 Å². The number of hydrogen-bond acceptors (Lipinski definition) is 4. The van der Waals surface area contributed by atoms with Crippen LogP contribution in [0.1, 0.15) is 46.0 Å². The molecule has 0 bridgehead atoms. The van der Waals surface area contributed by atoms with E-state index < -0.39 is 5.60 Å². The zero-order valence-corrected chi connectivity index (χ0v) is 24.7. The summed E-state index contributed by atoms with van der Waals surface area (Å²) >= 11 is 6.02. The van der Waals surface area contributed by atoms with Crippen LogP contribution in [0, 0.1) is 6.92 Å². The molecular formula is C36H31ClN2O4. The van der Waals surface area contributed by atoms with Crippen molar-refractivity contribution in [3.63, 3.8) is 0 Å². The van der Waals surface area contributed by atoms with Crippen molar-refractivity contribution in [3.05, 3.63) is 154 Å². The molecule has 0 saturated heterocycles. The molecule has 1 unspecified atom stereocenters. The SMILES string of the molecule is Cc1ccc(CC(=O)Nc2ccc(NC(=O)/C=C/C3=CCC(C)(c4ccc(Cl)cc4)O3)cc2C(=O)c2ccccc2)cc1. The van der Waals surface area contributed by atoms with Gasteiger partial charge in [-0.05, 0) is 67.5 Å². The normalized spacial score (nSPS) is 15.9. The first-order valence-corrected chi connectivity index (χ1v) is 14.3. The second kappa shape index (κ2) is 12.9. The van der Waals surface area contributed by atoms with Gasteiger partial charge in [-0.2, -0.15) is 0 Å². The number of amides is 2. The number of anilines is 2. The molecule has 5 rings (SSSR count). The van der Waals surface area contributed by atoms with Gasteiger partial charge in [-0.15, -0.1) is 0 Å². The van der Waals surface area contributed by atoms with Gasteiger partial charge >= 0.3 is 0 Å². The molecule has 0 spiro atoms. The summed E-state index contributed by atoms with van der Waals surface area (Å²) in [4.78, 5) is 39.2. The minimum atomic E-state index is -0.548. The van der Waals surface area contributed by atoms with Crippen LogP contribution in [0.5, 0.6) is 0 Å². The molecule has 0 radical (unpaired) electrons. The van der Waals surface area contributed by atoms with Gasteiger partial charge in [0.2, 0.25) is 11.8 Å². The van der Waals surface area contributed by atoms with E-state index in [2.05, 4.69) is 10.6 Å². The van der Waals surface area contributed by atoms with Crippen molar-refractivity contribution in [3.8, 4) is 0 Å². The first-order valence-electron chi connectivity index (χ1n) is 13.9. The van der Waals surface area contributed by atoms with Crippen molar-refractivity contribution in [1.29, 1.82) is 0 Å². The number of rotatable bonds is 9. The van der Waals surface area contributed by atoms with Crippen LogP contribution in [0.2, 0.25) is 5.02 Å². The monoisotopic (exact) mass is 590 g/mol. The van der Waals surface area contributed by atoms with Crippen LogP contribution in [0.4, 0.5) is 11.4 Å². The first-order chi connectivity index (χ1) is 20.7. The van der Waals surface area contributed by atoms with E-state index in [1.54, 1.807) is 48.5 Å². The van der Waals surface area contributed by atoms with E-state index in [1.165, 1.54) is 6.08 Å². The predicted molar refractivity (Wildman–Crippen MR) is 170 cm³/mol. The Morgan fingerprint density at radius 2 is 1.63 bits per heavy atom. The number of ether oxygens (including phenoxy) is 1. The van der Waals surface area contributed by atoms with Crippen LogP contribution in [-0.2, 0) is 26.3 Å². The highest BCUT2D eigenvalue weighted by atomic mass is 35.5. The number of carbonyl (C=O) groups is 3. The lowest BCUT2D eigenvalue weighted by atomic mass is 9.94. The van der Waals surface area contributed by atoms with Gasteiger partial charge in [0.15, 0.2) is 5.78 Å². The fraction of sp³-hybridized carbons (Fsp3) is 0.139. The van der Waals surface area contributed by atoms with Crippen LogP contribution in [-0.4, -0.2) is 17.6 Å². The maximum absolute atomic E-state index is 13.5. The Balaban J connectivity index is 1.29. The van der Waals surface area contributed by atoms with Gasteiger partial charge in [0.25, 0.3) is 0 Å². The van der Waals surface area contributed by atoms with E-state index in [0.29, 0.717) is 34.1 Å². The van der Waals surface area contributed by atoms with Gasteiger partial charge in [0.05, 0.1) is 12.1 Å². The van der Waals surface area contributed by atoms with Gasteiger partial charge in [-0.25, -0.2) is 0 Å².